The van der Waals surface area contributed by atoms with Gasteiger partial charge in [0.05, 0.1) is 25.7 Å². The second kappa shape index (κ2) is 22.0. The van der Waals surface area contributed by atoms with E-state index in [1.165, 1.54) is 91.1 Å². The van der Waals surface area contributed by atoms with E-state index in [1.54, 1.807) is 0 Å². The van der Waals surface area contributed by atoms with Crippen molar-refractivity contribution in [2.75, 3.05) is 33.5 Å². The highest BCUT2D eigenvalue weighted by Gasteiger charge is 2.26. The van der Waals surface area contributed by atoms with Gasteiger partial charge in [0.25, 0.3) is 0 Å². The van der Waals surface area contributed by atoms with E-state index in [0.717, 1.165) is 12.8 Å². The topological polar surface area (TPSA) is 112 Å². The van der Waals surface area contributed by atoms with Crippen molar-refractivity contribution >= 4 is 13.8 Å². The number of hydrogen-bond donors (Lipinski definition) is 2. The van der Waals surface area contributed by atoms with Gasteiger partial charge in [-0.3, -0.25) is 13.8 Å². The molecule has 3 atom stereocenters. The smallest absolute Gasteiger partial charge is 0.472 e. The Morgan fingerprint density at radius 3 is 1.70 bits per heavy atom. The molecule has 0 saturated heterocycles. The summed E-state index contributed by atoms with van der Waals surface area (Å²) in [6.45, 7) is 3.92. The van der Waals surface area contributed by atoms with E-state index in [1.807, 2.05) is 0 Å². The molecule has 0 aliphatic carbocycles. The number of unbranched alkanes of at least 4 members (excludes halogenated alkanes) is 13. The van der Waals surface area contributed by atoms with Crippen LogP contribution in [0.25, 0.3) is 0 Å². The molecule has 2 N–H and O–H groups in total. The van der Waals surface area contributed by atoms with Crippen molar-refractivity contribution in [3.05, 3.63) is 0 Å². The van der Waals surface area contributed by atoms with Gasteiger partial charge in [-0.2, -0.15) is 0 Å². The van der Waals surface area contributed by atoms with Gasteiger partial charge >= 0.3 is 13.8 Å². The first kappa shape index (κ1) is 32.5. The first-order valence-electron chi connectivity index (χ1n) is 12.8. The maximum absolute atomic E-state index is 11.8. The van der Waals surface area contributed by atoms with Crippen molar-refractivity contribution in [1.82, 2.24) is 0 Å². The van der Waals surface area contributed by atoms with Crippen molar-refractivity contribution < 1.29 is 37.9 Å². The zero-order valence-electron chi connectivity index (χ0n) is 21.2. The Balaban J connectivity index is 3.56. The number of carbonyl (C=O) groups is 1. The van der Waals surface area contributed by atoms with Crippen LogP contribution in [0.2, 0.25) is 0 Å². The Labute approximate surface area is 201 Å². The van der Waals surface area contributed by atoms with E-state index < -0.39 is 32.4 Å². The first-order valence-corrected chi connectivity index (χ1v) is 14.3. The standard InChI is InChI=1S/C24H49O8P/c1-4-5-6-7-8-9-10-11-12-13-14-15-16-17-18-30-20-23(29-3)21-32-33(27,28)31-19-22(2)24(25)26/h22-23H,4-21H2,1-3H3,(H,25,26)(H,27,28). The maximum atomic E-state index is 11.8. The fraction of sp³-hybridized carbons (Fsp3) is 0.958. The summed E-state index contributed by atoms with van der Waals surface area (Å²) in [6.07, 6.45) is 17.8. The molecular weight excluding hydrogens is 447 g/mol. The Kier molecular flexibility index (Phi) is 21.7. The van der Waals surface area contributed by atoms with Crippen LogP contribution in [0.3, 0.4) is 0 Å². The van der Waals surface area contributed by atoms with Crippen LogP contribution in [-0.2, 0) is 27.9 Å². The Morgan fingerprint density at radius 2 is 1.24 bits per heavy atom. The van der Waals surface area contributed by atoms with E-state index in [4.69, 9.17) is 23.6 Å². The second-order valence-corrected chi connectivity index (χ2v) is 10.3. The van der Waals surface area contributed by atoms with Crippen molar-refractivity contribution in [3.63, 3.8) is 0 Å². The quantitative estimate of drug-likeness (QED) is 0.111. The minimum Gasteiger partial charge on any atom is -0.481 e. The van der Waals surface area contributed by atoms with Crippen molar-refractivity contribution in [3.8, 4) is 0 Å². The van der Waals surface area contributed by atoms with Gasteiger partial charge in [0.15, 0.2) is 0 Å². The molecule has 0 heterocycles. The highest BCUT2D eigenvalue weighted by Crippen LogP contribution is 2.43. The van der Waals surface area contributed by atoms with Crippen molar-refractivity contribution in [2.45, 2.75) is 110 Å². The number of carboxylic acid groups (broad SMARTS) is 1. The molecule has 33 heavy (non-hydrogen) atoms. The SMILES string of the molecule is CCCCCCCCCCCCCCCCOCC(COP(=O)(O)OCC(C)C(=O)O)OC. The summed E-state index contributed by atoms with van der Waals surface area (Å²) in [5.74, 6) is -2.01. The van der Waals surface area contributed by atoms with E-state index in [0.29, 0.717) is 6.61 Å². The van der Waals surface area contributed by atoms with Crippen LogP contribution in [0.5, 0.6) is 0 Å². The zero-order chi connectivity index (χ0) is 24.8. The maximum Gasteiger partial charge on any atom is 0.472 e. The van der Waals surface area contributed by atoms with E-state index in [-0.39, 0.29) is 13.2 Å². The summed E-state index contributed by atoms with van der Waals surface area (Å²) >= 11 is 0. The average Bonchev–Trinajstić information content (AvgIpc) is 2.79. The lowest BCUT2D eigenvalue weighted by atomic mass is 10.0. The summed E-state index contributed by atoms with van der Waals surface area (Å²) in [5.41, 5.74) is 0. The number of ether oxygens (including phenoxy) is 2. The molecule has 0 aromatic carbocycles. The van der Waals surface area contributed by atoms with Crippen molar-refractivity contribution in [1.29, 1.82) is 0 Å². The van der Waals surface area contributed by atoms with Gasteiger partial charge in [-0.1, -0.05) is 90.4 Å². The predicted octanol–water partition coefficient (Wildman–Crippen LogP) is 6.35. The molecule has 0 spiro atoms. The number of aliphatic carboxylic acids is 1. The monoisotopic (exact) mass is 496 g/mol. The lowest BCUT2D eigenvalue weighted by molar-refractivity contribution is -0.142. The largest absolute Gasteiger partial charge is 0.481 e. The minimum absolute atomic E-state index is 0.176. The van der Waals surface area contributed by atoms with Gasteiger partial charge in [-0.15, -0.1) is 0 Å². The molecule has 0 radical (unpaired) electrons. The number of rotatable bonds is 25. The van der Waals surface area contributed by atoms with Crippen LogP contribution in [-0.4, -0.2) is 55.6 Å². The van der Waals surface area contributed by atoms with Crippen LogP contribution in [0.4, 0.5) is 0 Å². The van der Waals surface area contributed by atoms with Crippen LogP contribution < -0.4 is 0 Å². The van der Waals surface area contributed by atoms with E-state index in [2.05, 4.69) is 6.92 Å². The average molecular weight is 497 g/mol. The van der Waals surface area contributed by atoms with Gasteiger partial charge in [-0.05, 0) is 13.3 Å². The number of carboxylic acids is 1. The van der Waals surface area contributed by atoms with Crippen LogP contribution >= 0.6 is 7.82 Å². The molecule has 0 bridgehead atoms. The summed E-state index contributed by atoms with van der Waals surface area (Å²) in [5, 5.41) is 8.78. The molecule has 0 saturated carbocycles. The van der Waals surface area contributed by atoms with Crippen LogP contribution in [0, 0.1) is 5.92 Å². The number of phosphoric ester groups is 1. The predicted molar refractivity (Wildman–Crippen MR) is 130 cm³/mol. The van der Waals surface area contributed by atoms with Gasteiger partial charge in [0.2, 0.25) is 0 Å². The molecule has 0 amide bonds. The van der Waals surface area contributed by atoms with Crippen LogP contribution in [0.15, 0.2) is 0 Å². The Hall–Kier alpha value is -0.500. The van der Waals surface area contributed by atoms with Crippen molar-refractivity contribution in [2.24, 2.45) is 5.92 Å². The molecule has 198 valence electrons. The molecule has 0 aliphatic rings. The zero-order valence-corrected chi connectivity index (χ0v) is 22.1. The molecule has 0 aliphatic heterocycles. The summed E-state index contributed by atoms with van der Waals surface area (Å²) in [4.78, 5) is 20.4. The highest BCUT2D eigenvalue weighted by molar-refractivity contribution is 7.47. The first-order chi connectivity index (χ1) is 15.8. The molecule has 0 aromatic rings. The lowest BCUT2D eigenvalue weighted by Gasteiger charge is -2.18. The number of phosphoric acid groups is 1. The third-order valence-electron chi connectivity index (χ3n) is 5.61. The highest BCUT2D eigenvalue weighted by atomic mass is 31.2. The summed E-state index contributed by atoms with van der Waals surface area (Å²) in [7, 11) is -2.86. The third kappa shape index (κ3) is 21.8. The molecule has 8 nitrogen and oxygen atoms in total. The number of methoxy groups -OCH3 is 1. The third-order valence-corrected chi connectivity index (χ3v) is 6.56. The molecule has 3 unspecified atom stereocenters. The Morgan fingerprint density at radius 1 is 0.788 bits per heavy atom. The second-order valence-electron chi connectivity index (χ2n) is 8.83. The molecule has 0 fully saturated rings. The van der Waals surface area contributed by atoms with Crippen LogP contribution in [0.1, 0.15) is 104 Å². The summed E-state index contributed by atoms with van der Waals surface area (Å²) < 4.78 is 32.2. The van der Waals surface area contributed by atoms with Gasteiger partial charge in [0, 0.05) is 13.7 Å². The summed E-state index contributed by atoms with van der Waals surface area (Å²) in [6, 6.07) is 0. The molecule has 9 heteroatoms. The normalized spacial score (nSPS) is 15.3. The van der Waals surface area contributed by atoms with E-state index >= 15 is 0 Å². The number of hydrogen-bond acceptors (Lipinski definition) is 6. The Bertz CT molecular complexity index is 503. The molecule has 0 aromatic heterocycles. The van der Waals surface area contributed by atoms with Gasteiger partial charge in [-0.25, -0.2) is 4.57 Å². The fourth-order valence-electron chi connectivity index (χ4n) is 3.29. The molecule has 0 rings (SSSR count). The van der Waals surface area contributed by atoms with Gasteiger partial charge < -0.3 is 19.5 Å². The fourth-order valence-corrected chi connectivity index (χ4v) is 4.13. The lowest BCUT2D eigenvalue weighted by Crippen LogP contribution is -2.24. The molecular formula is C24H49O8P. The minimum atomic E-state index is -4.33. The van der Waals surface area contributed by atoms with Gasteiger partial charge in [0.1, 0.15) is 6.10 Å². The van der Waals surface area contributed by atoms with E-state index in [9.17, 15) is 14.3 Å².